The highest BCUT2D eigenvalue weighted by Crippen LogP contribution is 2.38. The van der Waals surface area contributed by atoms with E-state index in [0.717, 1.165) is 30.1 Å². The molecule has 28 heavy (non-hydrogen) atoms. The number of nitrogens with one attached hydrogen (secondary N) is 3. The topological polar surface area (TPSA) is 74.8 Å². The van der Waals surface area contributed by atoms with Gasteiger partial charge in [-0.05, 0) is 24.6 Å². The smallest absolute Gasteiger partial charge is 0.253 e. The lowest BCUT2D eigenvalue weighted by Crippen LogP contribution is -2.56. The maximum atomic E-state index is 12.3. The van der Waals surface area contributed by atoms with Crippen LogP contribution in [0.4, 0.5) is 11.4 Å². The van der Waals surface area contributed by atoms with E-state index < -0.39 is 0 Å². The number of hydrogen-bond donors (Lipinski definition) is 3. The number of ether oxygens (including phenoxy) is 1. The third kappa shape index (κ3) is 3.47. The van der Waals surface area contributed by atoms with Gasteiger partial charge < -0.3 is 20.7 Å². The number of benzene rings is 2. The molecular weight excluding hydrogens is 352 g/mol. The number of rotatable bonds is 3. The molecule has 0 radical (unpaired) electrons. The molecule has 0 bridgehead atoms. The summed E-state index contributed by atoms with van der Waals surface area (Å²) in [6.07, 6.45) is 1.60. The van der Waals surface area contributed by atoms with Gasteiger partial charge in [0.1, 0.15) is 5.84 Å². The molecule has 6 heteroatoms. The van der Waals surface area contributed by atoms with Gasteiger partial charge in [0.15, 0.2) is 0 Å². The Labute approximate surface area is 165 Å². The summed E-state index contributed by atoms with van der Waals surface area (Å²) in [5.41, 5.74) is 4.41. The molecule has 0 saturated carbocycles. The van der Waals surface area contributed by atoms with Crippen LogP contribution in [0.15, 0.2) is 47.5 Å². The van der Waals surface area contributed by atoms with Crippen LogP contribution in [0.3, 0.4) is 0 Å². The second-order valence-electron chi connectivity index (χ2n) is 7.41. The molecule has 1 saturated heterocycles. The van der Waals surface area contributed by atoms with Crippen molar-refractivity contribution in [1.82, 2.24) is 5.32 Å². The second-order valence-corrected chi connectivity index (χ2v) is 7.41. The Bertz CT molecular complexity index is 917. The van der Waals surface area contributed by atoms with Gasteiger partial charge in [0.25, 0.3) is 5.91 Å². The van der Waals surface area contributed by atoms with E-state index in [9.17, 15) is 4.79 Å². The predicted molar refractivity (Wildman–Crippen MR) is 112 cm³/mol. The maximum absolute atomic E-state index is 12.3. The number of fused-ring (bicyclic) bond motifs is 1. The molecule has 0 aliphatic carbocycles. The van der Waals surface area contributed by atoms with Crippen molar-refractivity contribution in [2.75, 3.05) is 30.9 Å². The lowest BCUT2D eigenvalue weighted by atomic mass is 9.85. The Morgan fingerprint density at radius 2 is 2.00 bits per heavy atom. The van der Waals surface area contributed by atoms with Crippen molar-refractivity contribution in [3.05, 3.63) is 59.2 Å². The zero-order chi connectivity index (χ0) is 19.6. The van der Waals surface area contributed by atoms with Crippen molar-refractivity contribution in [3.8, 4) is 0 Å². The van der Waals surface area contributed by atoms with E-state index in [-0.39, 0.29) is 11.4 Å². The van der Waals surface area contributed by atoms with Crippen molar-refractivity contribution < 1.29 is 9.53 Å². The van der Waals surface area contributed by atoms with Crippen molar-refractivity contribution >= 4 is 23.1 Å². The quantitative estimate of drug-likeness (QED) is 0.766. The summed E-state index contributed by atoms with van der Waals surface area (Å²) in [7, 11) is 1.65. The molecule has 2 aliphatic rings. The van der Waals surface area contributed by atoms with Gasteiger partial charge >= 0.3 is 0 Å². The molecule has 1 amide bonds. The highest BCUT2D eigenvalue weighted by molar-refractivity contribution is 6.13. The number of nitrogens with zero attached hydrogens (tertiary/aromatic N) is 1. The number of anilines is 2. The van der Waals surface area contributed by atoms with Crippen molar-refractivity contribution in [2.45, 2.75) is 31.8 Å². The zero-order valence-electron chi connectivity index (χ0n) is 16.3. The fourth-order valence-corrected chi connectivity index (χ4v) is 3.91. The summed E-state index contributed by atoms with van der Waals surface area (Å²) < 4.78 is 5.61. The number of carbonyl (C=O) groups is 1. The highest BCUT2D eigenvalue weighted by atomic mass is 16.5. The minimum Gasteiger partial charge on any atom is -0.381 e. The first-order valence-electron chi connectivity index (χ1n) is 9.70. The Kier molecular flexibility index (Phi) is 5.05. The molecule has 4 rings (SSSR count). The SMILES string of the molecule is CNC(=O)c1cccc2c1NC1(CCOCC1)C(=NCc1cccc(C)c1)N2. The van der Waals surface area contributed by atoms with E-state index >= 15 is 0 Å². The zero-order valence-corrected chi connectivity index (χ0v) is 16.3. The normalized spacial score (nSPS) is 18.9. The van der Waals surface area contributed by atoms with Gasteiger partial charge in [0.05, 0.1) is 29.0 Å². The Morgan fingerprint density at radius 1 is 1.21 bits per heavy atom. The summed E-state index contributed by atoms with van der Waals surface area (Å²) in [6, 6.07) is 14.1. The van der Waals surface area contributed by atoms with Crippen LogP contribution in [-0.4, -0.2) is 37.5 Å². The van der Waals surface area contributed by atoms with E-state index in [1.165, 1.54) is 11.1 Å². The number of aryl methyl sites for hydroxylation is 1. The molecule has 0 atom stereocenters. The van der Waals surface area contributed by atoms with Crippen LogP contribution in [0.25, 0.3) is 0 Å². The standard InChI is InChI=1S/C22H26N4O2/c1-15-5-3-6-16(13-15)14-24-21-22(9-11-28-12-10-22)26-19-17(20(27)23-2)7-4-8-18(19)25-21/h3-8,13,26H,9-12,14H2,1-2H3,(H,23,27)(H,24,25). The van der Waals surface area contributed by atoms with Gasteiger partial charge in [0, 0.05) is 33.1 Å². The number of carbonyl (C=O) groups excluding carboxylic acids is 1. The summed E-state index contributed by atoms with van der Waals surface area (Å²) in [6.45, 7) is 4.03. The van der Waals surface area contributed by atoms with Crippen LogP contribution in [0.1, 0.15) is 34.3 Å². The first-order valence-corrected chi connectivity index (χ1v) is 9.70. The van der Waals surface area contributed by atoms with Crippen molar-refractivity contribution in [1.29, 1.82) is 0 Å². The molecule has 0 unspecified atom stereocenters. The van der Waals surface area contributed by atoms with Gasteiger partial charge in [-0.3, -0.25) is 9.79 Å². The maximum Gasteiger partial charge on any atom is 0.253 e. The second kappa shape index (κ2) is 7.64. The average Bonchev–Trinajstić information content (AvgIpc) is 2.72. The molecule has 2 heterocycles. The largest absolute Gasteiger partial charge is 0.381 e. The van der Waals surface area contributed by atoms with Crippen LogP contribution in [0.5, 0.6) is 0 Å². The molecule has 2 aromatic carbocycles. The molecular formula is C22H26N4O2. The first-order chi connectivity index (χ1) is 13.6. The van der Waals surface area contributed by atoms with Crippen LogP contribution in [-0.2, 0) is 11.3 Å². The minimum absolute atomic E-state index is 0.103. The van der Waals surface area contributed by atoms with Crippen LogP contribution in [0.2, 0.25) is 0 Å². The Morgan fingerprint density at radius 3 is 2.75 bits per heavy atom. The van der Waals surface area contributed by atoms with Gasteiger partial charge in [-0.25, -0.2) is 0 Å². The minimum atomic E-state index is -0.348. The number of aliphatic imine (C=N–C) groups is 1. The number of amidine groups is 1. The fourth-order valence-electron chi connectivity index (χ4n) is 3.91. The average molecular weight is 378 g/mol. The van der Waals surface area contributed by atoms with Crippen molar-refractivity contribution in [2.24, 2.45) is 4.99 Å². The number of hydrogen-bond acceptors (Lipinski definition) is 4. The monoisotopic (exact) mass is 378 g/mol. The van der Waals surface area contributed by atoms with Crippen LogP contribution >= 0.6 is 0 Å². The summed E-state index contributed by atoms with van der Waals surface area (Å²) in [4.78, 5) is 17.3. The third-order valence-corrected chi connectivity index (χ3v) is 5.46. The van der Waals surface area contributed by atoms with Gasteiger partial charge in [0.2, 0.25) is 0 Å². The molecule has 1 fully saturated rings. The molecule has 0 aromatic heterocycles. The van der Waals surface area contributed by atoms with Crippen molar-refractivity contribution in [3.63, 3.8) is 0 Å². The van der Waals surface area contributed by atoms with E-state index in [0.29, 0.717) is 25.3 Å². The fraction of sp³-hybridized carbons (Fsp3) is 0.364. The molecule has 146 valence electrons. The third-order valence-electron chi connectivity index (χ3n) is 5.46. The Balaban J connectivity index is 1.72. The summed E-state index contributed by atoms with van der Waals surface area (Å²) >= 11 is 0. The number of amides is 1. The lowest BCUT2D eigenvalue weighted by molar-refractivity contribution is 0.0778. The highest BCUT2D eigenvalue weighted by Gasteiger charge is 2.42. The molecule has 2 aromatic rings. The summed E-state index contributed by atoms with van der Waals surface area (Å²) in [5, 5.41) is 9.90. The molecule has 6 nitrogen and oxygen atoms in total. The lowest BCUT2D eigenvalue weighted by Gasteiger charge is -2.44. The van der Waals surface area contributed by atoms with E-state index in [1.54, 1.807) is 7.05 Å². The van der Waals surface area contributed by atoms with E-state index in [2.05, 4.69) is 47.1 Å². The molecule has 2 aliphatic heterocycles. The van der Waals surface area contributed by atoms with E-state index in [1.807, 2.05) is 18.2 Å². The molecule has 1 spiro atoms. The van der Waals surface area contributed by atoms with Gasteiger partial charge in [-0.2, -0.15) is 0 Å². The van der Waals surface area contributed by atoms with Crippen LogP contribution in [0, 0.1) is 6.92 Å². The van der Waals surface area contributed by atoms with Gasteiger partial charge in [-0.15, -0.1) is 0 Å². The van der Waals surface area contributed by atoms with Crippen LogP contribution < -0.4 is 16.0 Å². The van der Waals surface area contributed by atoms with E-state index in [4.69, 9.17) is 9.73 Å². The predicted octanol–water partition coefficient (Wildman–Crippen LogP) is 3.34. The van der Waals surface area contributed by atoms with Gasteiger partial charge in [-0.1, -0.05) is 35.9 Å². The summed E-state index contributed by atoms with van der Waals surface area (Å²) in [5.74, 6) is 0.812. The first kappa shape index (κ1) is 18.5. The molecule has 3 N–H and O–H groups in total. The Hall–Kier alpha value is -2.86. The number of para-hydroxylation sites is 1.